The average Bonchev–Trinajstić information content (AvgIpc) is 2.68. The first-order chi connectivity index (χ1) is 13.4. The Morgan fingerprint density at radius 1 is 1.00 bits per heavy atom. The van der Waals surface area contributed by atoms with Crippen LogP contribution in [0.5, 0.6) is 0 Å². The summed E-state index contributed by atoms with van der Waals surface area (Å²) in [6.45, 7) is 3.18. The number of aryl methyl sites for hydroxylation is 1. The van der Waals surface area contributed by atoms with Gasteiger partial charge in [0, 0.05) is 23.0 Å². The standard InChI is InChI=1S/C21H17N5O2/c1-13(27)16-6-4-8-18(10-16)25-20-11-19(23-14(2)24-20)21(28)26-17-7-3-5-15(9-17)12-22/h3-11H,1-2H3,(H,26,28)(H,23,24,25). The monoisotopic (exact) mass is 371 g/mol. The first kappa shape index (κ1) is 18.7. The maximum atomic E-state index is 12.6. The Labute approximate surface area is 162 Å². The minimum absolute atomic E-state index is 0.0396. The molecule has 0 spiro atoms. The summed E-state index contributed by atoms with van der Waals surface area (Å²) in [6.07, 6.45) is 0. The summed E-state index contributed by atoms with van der Waals surface area (Å²) in [7, 11) is 0. The number of anilines is 3. The van der Waals surface area contributed by atoms with Crippen molar-refractivity contribution in [3.8, 4) is 6.07 Å². The lowest BCUT2D eigenvalue weighted by molar-refractivity contribution is 0.101. The molecule has 28 heavy (non-hydrogen) atoms. The fourth-order valence-corrected chi connectivity index (χ4v) is 2.57. The van der Waals surface area contributed by atoms with Crippen molar-refractivity contribution in [2.75, 3.05) is 10.6 Å². The zero-order valence-electron chi connectivity index (χ0n) is 15.4. The van der Waals surface area contributed by atoms with Gasteiger partial charge in [-0.15, -0.1) is 0 Å². The van der Waals surface area contributed by atoms with Gasteiger partial charge >= 0.3 is 0 Å². The van der Waals surface area contributed by atoms with Crippen LogP contribution in [0, 0.1) is 18.3 Å². The van der Waals surface area contributed by atoms with Crippen molar-refractivity contribution in [1.82, 2.24) is 9.97 Å². The topological polar surface area (TPSA) is 108 Å². The smallest absolute Gasteiger partial charge is 0.274 e. The number of hydrogen-bond acceptors (Lipinski definition) is 6. The van der Waals surface area contributed by atoms with Crippen LogP contribution in [-0.4, -0.2) is 21.7 Å². The molecule has 0 atom stereocenters. The Kier molecular flexibility index (Phi) is 5.42. The largest absolute Gasteiger partial charge is 0.340 e. The van der Waals surface area contributed by atoms with Crippen LogP contribution < -0.4 is 10.6 Å². The lowest BCUT2D eigenvalue weighted by atomic mass is 10.1. The summed E-state index contributed by atoms with van der Waals surface area (Å²) in [5, 5.41) is 14.8. The Morgan fingerprint density at radius 2 is 1.75 bits per heavy atom. The zero-order chi connectivity index (χ0) is 20.1. The Balaban J connectivity index is 1.83. The van der Waals surface area contributed by atoms with Crippen LogP contribution in [0.15, 0.2) is 54.6 Å². The summed E-state index contributed by atoms with van der Waals surface area (Å²) in [6, 6.07) is 17.2. The van der Waals surface area contributed by atoms with Gasteiger partial charge in [-0.2, -0.15) is 5.26 Å². The van der Waals surface area contributed by atoms with Crippen molar-refractivity contribution in [2.45, 2.75) is 13.8 Å². The van der Waals surface area contributed by atoms with Gasteiger partial charge in [0.05, 0.1) is 11.6 Å². The van der Waals surface area contributed by atoms with Gasteiger partial charge in [-0.3, -0.25) is 9.59 Å². The quantitative estimate of drug-likeness (QED) is 0.660. The highest BCUT2D eigenvalue weighted by Gasteiger charge is 2.12. The van der Waals surface area contributed by atoms with Crippen molar-refractivity contribution >= 4 is 28.9 Å². The molecule has 2 aromatic carbocycles. The number of aromatic nitrogens is 2. The van der Waals surface area contributed by atoms with Crippen LogP contribution in [0.1, 0.15) is 39.2 Å². The number of nitrogens with zero attached hydrogens (tertiary/aromatic N) is 3. The van der Waals surface area contributed by atoms with Gasteiger partial charge in [0.2, 0.25) is 0 Å². The maximum absolute atomic E-state index is 12.6. The Morgan fingerprint density at radius 3 is 2.50 bits per heavy atom. The summed E-state index contributed by atoms with van der Waals surface area (Å²) in [5.74, 6) is 0.399. The molecule has 7 nitrogen and oxygen atoms in total. The molecule has 0 saturated carbocycles. The average molecular weight is 371 g/mol. The van der Waals surface area contributed by atoms with Gasteiger partial charge < -0.3 is 10.6 Å². The second kappa shape index (κ2) is 8.10. The van der Waals surface area contributed by atoms with E-state index in [1.807, 2.05) is 6.07 Å². The molecule has 3 rings (SSSR count). The number of nitrogens with one attached hydrogen (secondary N) is 2. The maximum Gasteiger partial charge on any atom is 0.274 e. The van der Waals surface area contributed by atoms with Crippen LogP contribution in [-0.2, 0) is 0 Å². The molecular formula is C21H17N5O2. The summed E-state index contributed by atoms with van der Waals surface area (Å²) in [4.78, 5) is 32.6. The first-order valence-corrected chi connectivity index (χ1v) is 8.50. The minimum atomic E-state index is -0.416. The number of ketones is 1. The number of amides is 1. The van der Waals surface area contributed by atoms with Crippen molar-refractivity contribution < 1.29 is 9.59 Å². The molecule has 0 aliphatic rings. The molecule has 2 N–H and O–H groups in total. The van der Waals surface area contributed by atoms with E-state index in [9.17, 15) is 9.59 Å². The van der Waals surface area contributed by atoms with E-state index in [4.69, 9.17) is 5.26 Å². The van der Waals surface area contributed by atoms with Crippen LogP contribution in [0.3, 0.4) is 0 Å². The first-order valence-electron chi connectivity index (χ1n) is 8.50. The lowest BCUT2D eigenvalue weighted by Gasteiger charge is -2.10. The van der Waals surface area contributed by atoms with Crippen molar-refractivity contribution in [2.24, 2.45) is 0 Å². The van der Waals surface area contributed by atoms with Crippen LogP contribution in [0.4, 0.5) is 17.2 Å². The number of nitriles is 1. The molecule has 0 bridgehead atoms. The number of hydrogen-bond donors (Lipinski definition) is 2. The molecule has 0 radical (unpaired) electrons. The molecule has 0 unspecified atom stereocenters. The van der Waals surface area contributed by atoms with E-state index in [0.29, 0.717) is 34.1 Å². The van der Waals surface area contributed by atoms with Crippen LogP contribution >= 0.6 is 0 Å². The lowest BCUT2D eigenvalue weighted by Crippen LogP contribution is -2.15. The summed E-state index contributed by atoms with van der Waals surface area (Å²) < 4.78 is 0. The van der Waals surface area contributed by atoms with Gasteiger partial charge in [-0.1, -0.05) is 18.2 Å². The third kappa shape index (κ3) is 4.56. The molecule has 0 aliphatic heterocycles. The number of Topliss-reactive ketones (excluding diaryl/α,β-unsaturated/α-hetero) is 1. The van der Waals surface area contributed by atoms with Gasteiger partial charge in [0.1, 0.15) is 17.3 Å². The zero-order valence-corrected chi connectivity index (χ0v) is 15.4. The Bertz CT molecular complexity index is 1100. The Hall–Kier alpha value is -4.05. The van der Waals surface area contributed by atoms with Gasteiger partial charge in [0.25, 0.3) is 5.91 Å². The van der Waals surface area contributed by atoms with E-state index in [1.54, 1.807) is 55.5 Å². The van der Waals surface area contributed by atoms with E-state index in [-0.39, 0.29) is 11.5 Å². The summed E-state index contributed by atoms with van der Waals surface area (Å²) in [5.41, 5.74) is 2.39. The highest BCUT2D eigenvalue weighted by molar-refractivity contribution is 6.03. The van der Waals surface area contributed by atoms with E-state index in [1.165, 1.54) is 13.0 Å². The molecule has 1 aromatic heterocycles. The highest BCUT2D eigenvalue weighted by atomic mass is 16.2. The fourth-order valence-electron chi connectivity index (χ4n) is 2.57. The third-order valence-electron chi connectivity index (χ3n) is 3.86. The van der Waals surface area contributed by atoms with E-state index in [2.05, 4.69) is 20.6 Å². The fraction of sp³-hybridized carbons (Fsp3) is 0.0952. The third-order valence-corrected chi connectivity index (χ3v) is 3.86. The normalized spacial score (nSPS) is 10.0. The van der Waals surface area contributed by atoms with Crippen LogP contribution in [0.2, 0.25) is 0 Å². The number of carbonyl (C=O) groups is 2. The van der Waals surface area contributed by atoms with E-state index >= 15 is 0 Å². The predicted octanol–water partition coefficient (Wildman–Crippen LogP) is 3.86. The van der Waals surface area contributed by atoms with Crippen molar-refractivity contribution in [3.05, 3.63) is 77.2 Å². The second-order valence-corrected chi connectivity index (χ2v) is 6.09. The number of carbonyl (C=O) groups excluding carboxylic acids is 2. The predicted molar refractivity (Wildman–Crippen MR) is 106 cm³/mol. The summed E-state index contributed by atoms with van der Waals surface area (Å²) >= 11 is 0. The molecule has 7 heteroatoms. The van der Waals surface area contributed by atoms with Gasteiger partial charge in [-0.25, -0.2) is 9.97 Å². The molecule has 0 aliphatic carbocycles. The molecule has 1 amide bonds. The molecule has 1 heterocycles. The van der Waals surface area contributed by atoms with Crippen molar-refractivity contribution in [1.29, 1.82) is 5.26 Å². The minimum Gasteiger partial charge on any atom is -0.340 e. The van der Waals surface area contributed by atoms with Crippen molar-refractivity contribution in [3.63, 3.8) is 0 Å². The van der Waals surface area contributed by atoms with Gasteiger partial charge in [0.15, 0.2) is 5.78 Å². The molecule has 0 saturated heterocycles. The number of rotatable bonds is 5. The molecule has 0 fully saturated rings. The van der Waals surface area contributed by atoms with E-state index < -0.39 is 5.91 Å². The van der Waals surface area contributed by atoms with Gasteiger partial charge in [-0.05, 0) is 44.2 Å². The second-order valence-electron chi connectivity index (χ2n) is 6.09. The molecule has 138 valence electrons. The SMILES string of the molecule is CC(=O)c1cccc(Nc2cc(C(=O)Nc3cccc(C#N)c3)nc(C)n2)c1. The van der Waals surface area contributed by atoms with Crippen LogP contribution in [0.25, 0.3) is 0 Å². The van der Waals surface area contributed by atoms with E-state index in [0.717, 1.165) is 0 Å². The molecular weight excluding hydrogens is 354 g/mol. The highest BCUT2D eigenvalue weighted by Crippen LogP contribution is 2.18. The molecule has 3 aromatic rings. The number of benzene rings is 2.